The van der Waals surface area contributed by atoms with E-state index in [1.54, 1.807) is 31.2 Å². The van der Waals surface area contributed by atoms with E-state index in [0.717, 1.165) is 29.0 Å². The van der Waals surface area contributed by atoms with E-state index in [9.17, 15) is 27.3 Å². The fourth-order valence-corrected chi connectivity index (χ4v) is 4.58. The molecule has 0 saturated heterocycles. The van der Waals surface area contributed by atoms with Crippen molar-refractivity contribution >= 4 is 34.0 Å². The first kappa shape index (κ1) is 20.9. The Morgan fingerprint density at radius 3 is 2.52 bits per heavy atom. The minimum Gasteiger partial charge on any atom is -0.477 e. The largest absolute Gasteiger partial charge is 0.573 e. The summed E-state index contributed by atoms with van der Waals surface area (Å²) in [6.45, 7) is 1.78. The molecule has 0 fully saturated rings. The van der Waals surface area contributed by atoms with Crippen LogP contribution in [0, 0.1) is 6.92 Å². The molecule has 2 aromatic carbocycles. The van der Waals surface area contributed by atoms with E-state index in [1.807, 2.05) is 0 Å². The molecule has 0 radical (unpaired) electrons. The molecular weight excluding hydrogens is 427 g/mol. The van der Waals surface area contributed by atoms with Crippen LogP contribution < -0.4 is 9.46 Å². The van der Waals surface area contributed by atoms with Gasteiger partial charge in [0.2, 0.25) is 0 Å². The number of hydrogen-bond acceptors (Lipinski definition) is 4. The van der Waals surface area contributed by atoms with E-state index in [-0.39, 0.29) is 10.6 Å². The summed E-state index contributed by atoms with van der Waals surface area (Å²) in [7, 11) is -1.71. The summed E-state index contributed by atoms with van der Waals surface area (Å²) in [5.74, 6) is -1.66. The fraction of sp³-hybridized carbons (Fsp3) is 0.105. The standard InChI is InChI=1S/C19H14F3NO4S2/c1-11-5-2-3-8-16(11)29(26)23-14-10-15(28-17(14)18(24)25)12-6-4-7-13(9-12)27-19(20,21)22/h2-10,23H,1H3,(H,24,25). The number of alkyl halides is 3. The fourth-order valence-electron chi connectivity index (χ4n) is 2.53. The van der Waals surface area contributed by atoms with Crippen LogP contribution in [0.1, 0.15) is 15.2 Å². The SMILES string of the molecule is Cc1ccccc1S(=O)Nc1cc(-c2cccc(OC(F)(F)F)c2)sc1C(=O)O. The van der Waals surface area contributed by atoms with Crippen molar-refractivity contribution in [2.45, 2.75) is 18.2 Å². The summed E-state index contributed by atoms with van der Waals surface area (Å²) in [5, 5.41) is 9.47. The van der Waals surface area contributed by atoms with Gasteiger partial charge in [0.1, 0.15) is 10.6 Å². The molecule has 0 spiro atoms. The Kier molecular flexibility index (Phi) is 5.94. The molecule has 29 heavy (non-hydrogen) atoms. The molecule has 1 heterocycles. The second-order valence-electron chi connectivity index (χ2n) is 5.87. The number of hydrogen-bond donors (Lipinski definition) is 2. The quantitative estimate of drug-likeness (QED) is 0.533. The number of aryl methyl sites for hydroxylation is 1. The van der Waals surface area contributed by atoms with Crippen LogP contribution in [0.2, 0.25) is 0 Å². The minimum absolute atomic E-state index is 0.107. The van der Waals surface area contributed by atoms with Gasteiger partial charge in [-0.25, -0.2) is 9.00 Å². The molecule has 2 N–H and O–H groups in total. The molecule has 0 aliphatic heterocycles. The molecule has 10 heteroatoms. The smallest absolute Gasteiger partial charge is 0.477 e. The van der Waals surface area contributed by atoms with Crippen LogP contribution in [-0.4, -0.2) is 21.6 Å². The summed E-state index contributed by atoms with van der Waals surface area (Å²) in [6, 6.07) is 13.6. The lowest BCUT2D eigenvalue weighted by Gasteiger charge is -2.09. The lowest BCUT2D eigenvalue weighted by atomic mass is 10.2. The second kappa shape index (κ2) is 8.26. The number of benzene rings is 2. The van der Waals surface area contributed by atoms with Crippen molar-refractivity contribution in [1.29, 1.82) is 0 Å². The molecule has 3 rings (SSSR count). The first-order chi connectivity index (χ1) is 13.6. The molecule has 0 aliphatic carbocycles. The summed E-state index contributed by atoms with van der Waals surface area (Å²) in [5.41, 5.74) is 1.22. The van der Waals surface area contributed by atoms with Gasteiger partial charge in [-0.15, -0.1) is 24.5 Å². The predicted molar refractivity (Wildman–Crippen MR) is 105 cm³/mol. The van der Waals surface area contributed by atoms with Gasteiger partial charge >= 0.3 is 12.3 Å². The zero-order valence-electron chi connectivity index (χ0n) is 14.8. The van der Waals surface area contributed by atoms with Crippen LogP contribution in [-0.2, 0) is 11.0 Å². The average Bonchev–Trinajstić information content (AvgIpc) is 3.05. The highest BCUT2D eigenvalue weighted by Crippen LogP contribution is 2.37. The number of thiophene rings is 1. The number of rotatable bonds is 6. The number of aromatic carboxylic acids is 1. The molecule has 152 valence electrons. The molecule has 0 saturated carbocycles. The van der Waals surface area contributed by atoms with Gasteiger partial charge in [-0.05, 0) is 42.3 Å². The van der Waals surface area contributed by atoms with Crippen molar-refractivity contribution in [3.63, 3.8) is 0 Å². The second-order valence-corrected chi connectivity index (χ2v) is 8.10. The van der Waals surface area contributed by atoms with E-state index in [1.165, 1.54) is 18.2 Å². The van der Waals surface area contributed by atoms with E-state index in [0.29, 0.717) is 15.3 Å². The number of carboxylic acid groups (broad SMARTS) is 1. The number of carbonyl (C=O) groups is 1. The molecule has 0 aliphatic rings. The van der Waals surface area contributed by atoms with Crippen LogP contribution in [0.15, 0.2) is 59.5 Å². The molecule has 0 amide bonds. The molecule has 3 aromatic rings. The predicted octanol–water partition coefficient (Wildman–Crippen LogP) is 5.46. The Morgan fingerprint density at radius 2 is 1.86 bits per heavy atom. The van der Waals surface area contributed by atoms with Crippen molar-refractivity contribution < 1.29 is 32.0 Å². The monoisotopic (exact) mass is 441 g/mol. The van der Waals surface area contributed by atoms with E-state index in [4.69, 9.17) is 0 Å². The maximum Gasteiger partial charge on any atom is 0.573 e. The summed E-state index contributed by atoms with van der Waals surface area (Å²) in [4.78, 5) is 12.4. The Bertz CT molecular complexity index is 1080. The summed E-state index contributed by atoms with van der Waals surface area (Å²) >= 11 is 0.855. The highest BCUT2D eigenvalue weighted by Gasteiger charge is 2.31. The third-order valence-corrected chi connectivity index (χ3v) is 6.21. The topological polar surface area (TPSA) is 75.6 Å². The van der Waals surface area contributed by atoms with Crippen LogP contribution in [0.25, 0.3) is 10.4 Å². The Hall–Kier alpha value is -2.85. The average molecular weight is 441 g/mol. The molecule has 1 aromatic heterocycles. The first-order valence-electron chi connectivity index (χ1n) is 8.11. The van der Waals surface area contributed by atoms with Crippen molar-refractivity contribution in [2.75, 3.05) is 4.72 Å². The lowest BCUT2D eigenvalue weighted by Crippen LogP contribution is -2.17. The van der Waals surface area contributed by atoms with Crippen LogP contribution in [0.3, 0.4) is 0 Å². The molecule has 1 atom stereocenters. The number of ether oxygens (including phenoxy) is 1. The van der Waals surface area contributed by atoms with Crippen LogP contribution in [0.4, 0.5) is 18.9 Å². The number of carboxylic acids is 1. The van der Waals surface area contributed by atoms with Crippen LogP contribution >= 0.6 is 11.3 Å². The number of halogens is 3. The molecule has 1 unspecified atom stereocenters. The zero-order chi connectivity index (χ0) is 21.2. The van der Waals surface area contributed by atoms with Crippen molar-refractivity contribution in [1.82, 2.24) is 0 Å². The number of nitrogens with one attached hydrogen (secondary N) is 1. The van der Waals surface area contributed by atoms with E-state index in [2.05, 4.69) is 9.46 Å². The highest BCUT2D eigenvalue weighted by atomic mass is 32.2. The van der Waals surface area contributed by atoms with E-state index < -0.39 is 29.1 Å². The van der Waals surface area contributed by atoms with Gasteiger partial charge in [-0.3, -0.25) is 4.72 Å². The minimum atomic E-state index is -4.84. The zero-order valence-corrected chi connectivity index (χ0v) is 16.5. The molecule has 0 bridgehead atoms. The van der Waals surface area contributed by atoms with Gasteiger partial charge in [0.15, 0.2) is 11.0 Å². The number of anilines is 1. The maximum absolute atomic E-state index is 12.6. The summed E-state index contributed by atoms with van der Waals surface area (Å²) < 4.78 is 56.6. The molecular formula is C19H14F3NO4S2. The van der Waals surface area contributed by atoms with Gasteiger partial charge in [0.05, 0.1) is 10.6 Å². The first-order valence-corrected chi connectivity index (χ1v) is 10.1. The van der Waals surface area contributed by atoms with Gasteiger partial charge in [0, 0.05) is 4.88 Å². The third kappa shape index (κ3) is 5.15. The van der Waals surface area contributed by atoms with Crippen molar-refractivity contribution in [3.05, 3.63) is 65.0 Å². The maximum atomic E-state index is 12.6. The van der Waals surface area contributed by atoms with Gasteiger partial charge in [-0.2, -0.15) is 0 Å². The third-order valence-electron chi connectivity index (χ3n) is 3.77. The normalized spacial score (nSPS) is 12.4. The Labute approximate surface area is 170 Å². The van der Waals surface area contributed by atoms with Crippen molar-refractivity contribution in [2.24, 2.45) is 0 Å². The Balaban J connectivity index is 1.94. The van der Waals surface area contributed by atoms with Crippen molar-refractivity contribution in [3.8, 4) is 16.2 Å². The molecule has 5 nitrogen and oxygen atoms in total. The van der Waals surface area contributed by atoms with E-state index >= 15 is 0 Å². The van der Waals surface area contributed by atoms with Crippen LogP contribution in [0.5, 0.6) is 5.75 Å². The lowest BCUT2D eigenvalue weighted by molar-refractivity contribution is -0.274. The highest BCUT2D eigenvalue weighted by molar-refractivity contribution is 7.86. The van der Waals surface area contributed by atoms with Gasteiger partial charge < -0.3 is 9.84 Å². The van der Waals surface area contributed by atoms with Gasteiger partial charge in [0.25, 0.3) is 0 Å². The Morgan fingerprint density at radius 1 is 1.14 bits per heavy atom. The van der Waals surface area contributed by atoms with Gasteiger partial charge in [-0.1, -0.05) is 30.3 Å². The summed E-state index contributed by atoms with van der Waals surface area (Å²) in [6.07, 6.45) is -4.84.